The molecule has 0 saturated carbocycles. The zero-order chi connectivity index (χ0) is 16.1. The second-order valence-corrected chi connectivity index (χ2v) is 5.84. The standard InChI is InChI=1S/C17H24N6.HI/c1-2-16-22-20-12-23(16)11-10-19-17(18)21-15-9-5-7-13-6-3-4-8-14(13)15;/h5,7,9,12H,2-4,6,8,10-11H2,1H3,(H3,18,19,21);1H. The van der Waals surface area contributed by atoms with Crippen molar-refractivity contribution < 1.29 is 0 Å². The van der Waals surface area contributed by atoms with E-state index in [4.69, 9.17) is 5.73 Å². The Bertz CT molecular complexity index is 694. The van der Waals surface area contributed by atoms with Crippen LogP contribution in [0.1, 0.15) is 36.7 Å². The predicted molar refractivity (Wildman–Crippen MR) is 108 cm³/mol. The molecule has 6 nitrogen and oxygen atoms in total. The fourth-order valence-corrected chi connectivity index (χ4v) is 3.09. The number of nitrogens with zero attached hydrogens (tertiary/aromatic N) is 4. The van der Waals surface area contributed by atoms with Crippen LogP contribution in [0.15, 0.2) is 29.5 Å². The predicted octanol–water partition coefficient (Wildman–Crippen LogP) is 2.76. The first kappa shape index (κ1) is 18.7. The maximum absolute atomic E-state index is 6.05. The normalized spacial score (nSPS) is 14.0. The molecule has 3 N–H and O–H groups in total. The summed E-state index contributed by atoms with van der Waals surface area (Å²) in [5.74, 6) is 1.44. The van der Waals surface area contributed by atoms with Gasteiger partial charge in [-0.25, -0.2) is 0 Å². The Labute approximate surface area is 160 Å². The number of rotatable bonds is 5. The third kappa shape index (κ3) is 4.46. The Morgan fingerprint density at radius 1 is 1.33 bits per heavy atom. The van der Waals surface area contributed by atoms with Crippen molar-refractivity contribution in [2.75, 3.05) is 11.9 Å². The van der Waals surface area contributed by atoms with E-state index in [1.165, 1.54) is 24.0 Å². The number of hydrogen-bond donors (Lipinski definition) is 2. The first-order valence-corrected chi connectivity index (χ1v) is 8.32. The first-order chi connectivity index (χ1) is 11.3. The molecule has 3 rings (SSSR count). The van der Waals surface area contributed by atoms with E-state index in [1.807, 2.05) is 4.57 Å². The third-order valence-corrected chi connectivity index (χ3v) is 4.29. The molecule has 0 aliphatic heterocycles. The van der Waals surface area contributed by atoms with Gasteiger partial charge in [-0.15, -0.1) is 34.2 Å². The second-order valence-electron chi connectivity index (χ2n) is 5.84. The van der Waals surface area contributed by atoms with Crippen LogP contribution in [0.3, 0.4) is 0 Å². The summed E-state index contributed by atoms with van der Waals surface area (Å²) >= 11 is 0. The molecule has 2 aromatic rings. The Kier molecular flexibility index (Phi) is 7.01. The van der Waals surface area contributed by atoms with Gasteiger partial charge in [-0.3, -0.25) is 4.99 Å². The third-order valence-electron chi connectivity index (χ3n) is 4.29. The van der Waals surface area contributed by atoms with E-state index in [9.17, 15) is 0 Å². The van der Waals surface area contributed by atoms with Crippen molar-refractivity contribution in [1.29, 1.82) is 0 Å². The van der Waals surface area contributed by atoms with Crippen LogP contribution in [0.5, 0.6) is 0 Å². The van der Waals surface area contributed by atoms with Crippen LogP contribution >= 0.6 is 24.0 Å². The van der Waals surface area contributed by atoms with Crippen LogP contribution in [-0.4, -0.2) is 27.3 Å². The van der Waals surface area contributed by atoms with Gasteiger partial charge in [-0.05, 0) is 42.9 Å². The molecule has 1 aliphatic rings. The molecule has 0 fully saturated rings. The monoisotopic (exact) mass is 440 g/mol. The van der Waals surface area contributed by atoms with E-state index in [0.717, 1.165) is 37.3 Å². The Hall–Kier alpha value is -1.64. The van der Waals surface area contributed by atoms with Crippen molar-refractivity contribution in [1.82, 2.24) is 14.8 Å². The highest BCUT2D eigenvalue weighted by Crippen LogP contribution is 2.27. The molecule has 1 heterocycles. The van der Waals surface area contributed by atoms with Gasteiger partial charge in [0, 0.05) is 18.7 Å². The maximum Gasteiger partial charge on any atom is 0.193 e. The Morgan fingerprint density at radius 3 is 3.00 bits per heavy atom. The number of anilines is 1. The summed E-state index contributed by atoms with van der Waals surface area (Å²) in [6.45, 7) is 3.42. The number of aryl methyl sites for hydroxylation is 2. The summed E-state index contributed by atoms with van der Waals surface area (Å²) in [4.78, 5) is 4.43. The fraction of sp³-hybridized carbons (Fsp3) is 0.471. The lowest BCUT2D eigenvalue weighted by molar-refractivity contribution is 0.666. The number of halogens is 1. The van der Waals surface area contributed by atoms with Gasteiger partial charge in [0.25, 0.3) is 0 Å². The summed E-state index contributed by atoms with van der Waals surface area (Å²) in [5, 5.41) is 11.3. The highest BCUT2D eigenvalue weighted by Gasteiger charge is 2.13. The number of aromatic nitrogens is 3. The summed E-state index contributed by atoms with van der Waals surface area (Å²) < 4.78 is 2.02. The number of guanidine groups is 1. The Balaban J connectivity index is 0.00000208. The van der Waals surface area contributed by atoms with Gasteiger partial charge < -0.3 is 15.6 Å². The number of fused-ring (bicyclic) bond motifs is 1. The van der Waals surface area contributed by atoms with Crippen molar-refractivity contribution in [2.24, 2.45) is 10.7 Å². The highest BCUT2D eigenvalue weighted by atomic mass is 127. The molecule has 0 saturated heterocycles. The number of nitrogens with one attached hydrogen (secondary N) is 1. The fourth-order valence-electron chi connectivity index (χ4n) is 3.09. The summed E-state index contributed by atoms with van der Waals surface area (Å²) in [7, 11) is 0. The molecule has 1 aromatic heterocycles. The van der Waals surface area contributed by atoms with Gasteiger partial charge in [0.15, 0.2) is 5.96 Å². The molecule has 0 unspecified atom stereocenters. The van der Waals surface area contributed by atoms with E-state index in [0.29, 0.717) is 12.5 Å². The van der Waals surface area contributed by atoms with E-state index >= 15 is 0 Å². The number of benzene rings is 1. The van der Waals surface area contributed by atoms with E-state index in [-0.39, 0.29) is 24.0 Å². The molecule has 1 aromatic carbocycles. The van der Waals surface area contributed by atoms with Crippen LogP contribution in [-0.2, 0) is 25.8 Å². The maximum atomic E-state index is 6.05. The number of nitrogens with two attached hydrogens (primary N) is 1. The van der Waals surface area contributed by atoms with Crippen molar-refractivity contribution in [3.63, 3.8) is 0 Å². The molecule has 7 heteroatoms. The lowest BCUT2D eigenvalue weighted by Gasteiger charge is -2.19. The number of hydrogen-bond acceptors (Lipinski definition) is 3. The highest BCUT2D eigenvalue weighted by molar-refractivity contribution is 14.0. The van der Waals surface area contributed by atoms with Crippen LogP contribution in [0.4, 0.5) is 5.69 Å². The smallest absolute Gasteiger partial charge is 0.193 e. The lowest BCUT2D eigenvalue weighted by atomic mass is 9.90. The summed E-state index contributed by atoms with van der Waals surface area (Å²) in [5.41, 5.74) is 9.98. The average Bonchev–Trinajstić information content (AvgIpc) is 3.03. The molecule has 0 spiro atoms. The summed E-state index contributed by atoms with van der Waals surface area (Å²) in [6, 6.07) is 6.39. The van der Waals surface area contributed by atoms with E-state index < -0.39 is 0 Å². The molecule has 1 aliphatic carbocycles. The SMILES string of the molecule is CCc1nncn1CCN=C(N)Nc1cccc2c1CCCC2.I. The van der Waals surface area contributed by atoms with Crippen LogP contribution < -0.4 is 11.1 Å². The zero-order valence-electron chi connectivity index (χ0n) is 14.0. The lowest BCUT2D eigenvalue weighted by Crippen LogP contribution is -2.24. The molecule has 24 heavy (non-hydrogen) atoms. The van der Waals surface area contributed by atoms with Crippen molar-refractivity contribution >= 4 is 35.6 Å². The molecule has 0 bridgehead atoms. The van der Waals surface area contributed by atoms with Crippen molar-refractivity contribution in [3.8, 4) is 0 Å². The molecule has 0 amide bonds. The van der Waals surface area contributed by atoms with E-state index in [1.54, 1.807) is 6.33 Å². The number of aliphatic imine (C=N–C) groups is 1. The second kappa shape index (κ2) is 9.00. The van der Waals surface area contributed by atoms with Crippen LogP contribution in [0.2, 0.25) is 0 Å². The van der Waals surface area contributed by atoms with Gasteiger partial charge in [0.05, 0.1) is 6.54 Å². The topological polar surface area (TPSA) is 81.1 Å². The molecular formula is C17H25IN6. The molecular weight excluding hydrogens is 415 g/mol. The molecule has 0 radical (unpaired) electrons. The van der Waals surface area contributed by atoms with Crippen LogP contribution in [0.25, 0.3) is 0 Å². The molecule has 130 valence electrons. The zero-order valence-corrected chi connectivity index (χ0v) is 16.4. The van der Waals surface area contributed by atoms with E-state index in [2.05, 4.69) is 45.6 Å². The van der Waals surface area contributed by atoms with Gasteiger partial charge in [0.2, 0.25) is 0 Å². The average molecular weight is 440 g/mol. The summed E-state index contributed by atoms with van der Waals surface area (Å²) in [6.07, 6.45) is 7.41. The van der Waals surface area contributed by atoms with Gasteiger partial charge in [0.1, 0.15) is 12.2 Å². The van der Waals surface area contributed by atoms with Crippen molar-refractivity contribution in [3.05, 3.63) is 41.5 Å². The largest absolute Gasteiger partial charge is 0.370 e. The molecule has 0 atom stereocenters. The van der Waals surface area contributed by atoms with Gasteiger partial charge in [-0.1, -0.05) is 19.1 Å². The Morgan fingerprint density at radius 2 is 2.17 bits per heavy atom. The van der Waals surface area contributed by atoms with Gasteiger partial charge >= 0.3 is 0 Å². The minimum absolute atomic E-state index is 0. The van der Waals surface area contributed by atoms with Crippen LogP contribution in [0, 0.1) is 0 Å². The van der Waals surface area contributed by atoms with Gasteiger partial charge in [-0.2, -0.15) is 0 Å². The first-order valence-electron chi connectivity index (χ1n) is 8.32. The van der Waals surface area contributed by atoms with Crippen molar-refractivity contribution in [2.45, 2.75) is 45.6 Å². The minimum Gasteiger partial charge on any atom is -0.370 e. The quantitative estimate of drug-likeness (QED) is 0.426. The minimum atomic E-state index is 0.